The lowest BCUT2D eigenvalue weighted by Crippen LogP contribution is -2.41. The van der Waals surface area contributed by atoms with Gasteiger partial charge in [0.05, 0.1) is 11.7 Å². The molecule has 2 heterocycles. The summed E-state index contributed by atoms with van der Waals surface area (Å²) in [5.74, 6) is 0.0133. The lowest BCUT2D eigenvalue weighted by molar-refractivity contribution is -0.137. The van der Waals surface area contributed by atoms with Gasteiger partial charge in [0, 0.05) is 25.9 Å². The van der Waals surface area contributed by atoms with E-state index in [1.807, 2.05) is 6.92 Å². The molecule has 1 saturated heterocycles. The van der Waals surface area contributed by atoms with Gasteiger partial charge >= 0.3 is 6.18 Å². The lowest BCUT2D eigenvalue weighted by atomic mass is 10.1. The van der Waals surface area contributed by atoms with E-state index >= 15 is 0 Å². The number of nitrogens with zero attached hydrogens (tertiary/aromatic N) is 2. The Hall–Kier alpha value is -1.30. The van der Waals surface area contributed by atoms with Crippen molar-refractivity contribution < 1.29 is 17.9 Å². The number of halogens is 3. The largest absolute Gasteiger partial charge is 0.419 e. The van der Waals surface area contributed by atoms with Gasteiger partial charge in [0.25, 0.3) is 0 Å². The van der Waals surface area contributed by atoms with Crippen LogP contribution in [0.4, 0.5) is 19.0 Å². The lowest BCUT2D eigenvalue weighted by Gasteiger charge is -2.34. The molecule has 0 radical (unpaired) electrons. The van der Waals surface area contributed by atoms with Crippen LogP contribution in [0.3, 0.4) is 0 Å². The molecule has 6 heteroatoms. The van der Waals surface area contributed by atoms with Crippen molar-refractivity contribution in [1.82, 2.24) is 4.98 Å². The van der Waals surface area contributed by atoms with E-state index in [0.717, 1.165) is 18.9 Å². The molecule has 0 saturated carbocycles. The zero-order valence-corrected chi connectivity index (χ0v) is 10.8. The Morgan fingerprint density at radius 2 is 2.26 bits per heavy atom. The highest BCUT2D eigenvalue weighted by molar-refractivity contribution is 5.48. The van der Waals surface area contributed by atoms with E-state index in [4.69, 9.17) is 4.74 Å². The number of alkyl halides is 3. The minimum absolute atomic E-state index is 0.0122. The van der Waals surface area contributed by atoms with Crippen molar-refractivity contribution in [2.75, 3.05) is 24.6 Å². The molecular formula is C13H17F3N2O. The van der Waals surface area contributed by atoms with Crippen LogP contribution in [-0.2, 0) is 10.9 Å². The van der Waals surface area contributed by atoms with Gasteiger partial charge in [-0.3, -0.25) is 0 Å². The monoisotopic (exact) mass is 274 g/mol. The Morgan fingerprint density at radius 3 is 2.95 bits per heavy atom. The zero-order chi connectivity index (χ0) is 13.9. The molecule has 0 bridgehead atoms. The highest BCUT2D eigenvalue weighted by Crippen LogP contribution is 2.36. The molecule has 0 aliphatic carbocycles. The van der Waals surface area contributed by atoms with E-state index in [9.17, 15) is 13.2 Å². The van der Waals surface area contributed by atoms with Gasteiger partial charge in [-0.25, -0.2) is 4.98 Å². The fourth-order valence-electron chi connectivity index (χ4n) is 2.37. The summed E-state index contributed by atoms with van der Waals surface area (Å²) in [5, 5.41) is 0. The first-order chi connectivity index (χ1) is 9.02. The third-order valence-corrected chi connectivity index (χ3v) is 3.17. The second-order valence-electron chi connectivity index (χ2n) is 4.54. The van der Waals surface area contributed by atoms with Crippen molar-refractivity contribution in [1.29, 1.82) is 0 Å². The molecule has 1 aromatic heterocycles. The van der Waals surface area contributed by atoms with Crippen molar-refractivity contribution in [2.45, 2.75) is 32.0 Å². The van der Waals surface area contributed by atoms with Gasteiger partial charge in [0.1, 0.15) is 5.82 Å². The predicted molar refractivity (Wildman–Crippen MR) is 66.1 cm³/mol. The van der Waals surface area contributed by atoms with Crippen LogP contribution in [0.15, 0.2) is 18.3 Å². The number of piperidine rings is 1. The van der Waals surface area contributed by atoms with Crippen molar-refractivity contribution in [3.8, 4) is 0 Å². The summed E-state index contributed by atoms with van der Waals surface area (Å²) in [7, 11) is 0. The highest BCUT2D eigenvalue weighted by Gasteiger charge is 2.36. The summed E-state index contributed by atoms with van der Waals surface area (Å²) in [4.78, 5) is 5.59. The van der Waals surface area contributed by atoms with Crippen molar-refractivity contribution in [3.63, 3.8) is 0 Å². The van der Waals surface area contributed by atoms with Crippen molar-refractivity contribution in [3.05, 3.63) is 23.9 Å². The van der Waals surface area contributed by atoms with E-state index in [2.05, 4.69) is 4.98 Å². The first-order valence-corrected chi connectivity index (χ1v) is 6.41. The summed E-state index contributed by atoms with van der Waals surface area (Å²) < 4.78 is 44.4. The van der Waals surface area contributed by atoms with E-state index in [1.165, 1.54) is 12.3 Å². The quantitative estimate of drug-likeness (QED) is 0.847. The normalized spacial score (nSPS) is 20.6. The maximum atomic E-state index is 13.0. The molecule has 0 amide bonds. The maximum Gasteiger partial charge on any atom is 0.419 e. The summed E-state index contributed by atoms with van der Waals surface area (Å²) in [5.41, 5.74) is -0.674. The Morgan fingerprint density at radius 1 is 1.47 bits per heavy atom. The van der Waals surface area contributed by atoms with Crippen molar-refractivity contribution >= 4 is 5.82 Å². The number of pyridine rings is 1. The van der Waals surface area contributed by atoms with Crippen LogP contribution >= 0.6 is 0 Å². The molecule has 1 atom stereocenters. The standard InChI is InChI=1S/C13H17F3N2O/c1-2-19-10-5-4-8-18(9-10)12-11(13(14,15)16)6-3-7-17-12/h3,6-7,10H,2,4-5,8-9H2,1H3. The predicted octanol–water partition coefficient (Wildman–Crippen LogP) is 3.11. The average Bonchev–Trinajstić information content (AvgIpc) is 2.38. The molecule has 1 aliphatic heterocycles. The minimum atomic E-state index is -4.37. The van der Waals surface area contributed by atoms with Gasteiger partial charge in [0.15, 0.2) is 0 Å². The molecule has 0 aromatic carbocycles. The van der Waals surface area contributed by atoms with Crippen LogP contribution < -0.4 is 4.90 Å². The molecule has 1 aliphatic rings. The maximum absolute atomic E-state index is 13.0. The third-order valence-electron chi connectivity index (χ3n) is 3.17. The Kier molecular flexibility index (Phi) is 4.29. The van der Waals surface area contributed by atoms with Crippen LogP contribution in [0.25, 0.3) is 0 Å². The van der Waals surface area contributed by atoms with Gasteiger partial charge in [-0.05, 0) is 31.9 Å². The molecule has 2 rings (SSSR count). The van der Waals surface area contributed by atoms with Crippen LogP contribution in [0.2, 0.25) is 0 Å². The molecule has 3 nitrogen and oxygen atoms in total. The summed E-state index contributed by atoms with van der Waals surface area (Å²) in [6, 6.07) is 2.39. The number of rotatable bonds is 3. The zero-order valence-electron chi connectivity index (χ0n) is 10.8. The minimum Gasteiger partial charge on any atom is -0.377 e. The Bertz CT molecular complexity index is 421. The highest BCUT2D eigenvalue weighted by atomic mass is 19.4. The first-order valence-electron chi connectivity index (χ1n) is 6.41. The molecule has 0 spiro atoms. The summed E-state index contributed by atoms with van der Waals surface area (Å²) >= 11 is 0. The number of hydrogen-bond donors (Lipinski definition) is 0. The molecule has 0 N–H and O–H groups in total. The average molecular weight is 274 g/mol. The van der Waals surface area contributed by atoms with Crippen LogP contribution in [0.5, 0.6) is 0 Å². The van der Waals surface area contributed by atoms with Crippen LogP contribution in [0.1, 0.15) is 25.3 Å². The Labute approximate surface area is 110 Å². The molecule has 1 unspecified atom stereocenters. The molecule has 1 fully saturated rings. The molecular weight excluding hydrogens is 257 g/mol. The fourth-order valence-corrected chi connectivity index (χ4v) is 2.37. The van der Waals surface area contributed by atoms with E-state index < -0.39 is 11.7 Å². The fraction of sp³-hybridized carbons (Fsp3) is 0.615. The second kappa shape index (κ2) is 5.77. The number of hydrogen-bond acceptors (Lipinski definition) is 3. The van der Waals surface area contributed by atoms with E-state index in [0.29, 0.717) is 19.7 Å². The molecule has 19 heavy (non-hydrogen) atoms. The van der Waals surface area contributed by atoms with Crippen molar-refractivity contribution in [2.24, 2.45) is 0 Å². The second-order valence-corrected chi connectivity index (χ2v) is 4.54. The van der Waals surface area contributed by atoms with Crippen LogP contribution in [-0.4, -0.2) is 30.8 Å². The SMILES string of the molecule is CCOC1CCCN(c2ncccc2C(F)(F)F)C1. The van der Waals surface area contributed by atoms with E-state index in [1.54, 1.807) is 4.90 Å². The number of aromatic nitrogens is 1. The Balaban J connectivity index is 2.21. The van der Waals surface area contributed by atoms with Crippen LogP contribution in [0, 0.1) is 0 Å². The molecule has 1 aromatic rings. The van der Waals surface area contributed by atoms with Gasteiger partial charge in [0.2, 0.25) is 0 Å². The van der Waals surface area contributed by atoms with Gasteiger partial charge in [-0.1, -0.05) is 0 Å². The van der Waals surface area contributed by atoms with Gasteiger partial charge in [-0.2, -0.15) is 13.2 Å². The summed E-state index contributed by atoms with van der Waals surface area (Å²) in [6.07, 6.45) is -1.28. The first kappa shape index (κ1) is 14.1. The smallest absolute Gasteiger partial charge is 0.377 e. The molecule has 106 valence electrons. The number of ether oxygens (including phenoxy) is 1. The third kappa shape index (κ3) is 3.37. The summed E-state index contributed by atoms with van der Waals surface area (Å²) in [6.45, 7) is 3.52. The number of anilines is 1. The van der Waals surface area contributed by atoms with Gasteiger partial charge < -0.3 is 9.64 Å². The van der Waals surface area contributed by atoms with E-state index in [-0.39, 0.29) is 11.9 Å². The topological polar surface area (TPSA) is 25.4 Å². The van der Waals surface area contributed by atoms with Gasteiger partial charge in [-0.15, -0.1) is 0 Å².